The average Bonchev–Trinajstić information content (AvgIpc) is 3.32. The van der Waals surface area contributed by atoms with Crippen molar-refractivity contribution in [3.8, 4) is 0 Å². The van der Waals surface area contributed by atoms with Gasteiger partial charge < -0.3 is 9.64 Å². The van der Waals surface area contributed by atoms with Crippen molar-refractivity contribution in [2.45, 2.75) is 46.5 Å². The van der Waals surface area contributed by atoms with E-state index in [-0.39, 0.29) is 11.9 Å². The lowest BCUT2D eigenvalue weighted by atomic mass is 9.80. The lowest BCUT2D eigenvalue weighted by molar-refractivity contribution is -0.156. The van der Waals surface area contributed by atoms with Gasteiger partial charge in [0.2, 0.25) is 5.91 Å². The van der Waals surface area contributed by atoms with Crippen LogP contribution in [0.2, 0.25) is 0 Å². The second-order valence-corrected chi connectivity index (χ2v) is 9.02. The van der Waals surface area contributed by atoms with Crippen molar-refractivity contribution >= 4 is 11.9 Å². The zero-order valence-corrected chi connectivity index (χ0v) is 15.6. The lowest BCUT2D eigenvalue weighted by Gasteiger charge is -2.38. The molecule has 0 aromatic heterocycles. The Morgan fingerprint density at radius 3 is 2.42 bits per heavy atom. The van der Waals surface area contributed by atoms with E-state index in [2.05, 4.69) is 18.7 Å². The molecule has 1 unspecified atom stereocenters. The van der Waals surface area contributed by atoms with Crippen LogP contribution in [-0.2, 0) is 14.3 Å². The number of fused-ring (bicyclic) bond motifs is 1. The molecule has 5 heteroatoms. The Labute approximate surface area is 145 Å². The Morgan fingerprint density at radius 2 is 1.79 bits per heavy atom. The van der Waals surface area contributed by atoms with Crippen LogP contribution in [0.3, 0.4) is 0 Å². The highest BCUT2D eigenvalue weighted by Gasteiger charge is 2.49. The maximum Gasteiger partial charge on any atom is 0.311 e. The number of piperidine rings is 1. The summed E-state index contributed by atoms with van der Waals surface area (Å²) in [5, 5.41) is 0. The molecule has 2 atom stereocenters. The van der Waals surface area contributed by atoms with Crippen LogP contribution in [0.5, 0.6) is 0 Å². The normalized spacial score (nSPS) is 31.8. The molecule has 2 aliphatic heterocycles. The molecule has 3 rings (SSSR count). The summed E-state index contributed by atoms with van der Waals surface area (Å²) in [6.45, 7) is 10.6. The largest absolute Gasteiger partial charge is 0.469 e. The van der Waals surface area contributed by atoms with Gasteiger partial charge in [-0.15, -0.1) is 0 Å². The number of ether oxygens (including phenoxy) is 1. The summed E-state index contributed by atoms with van der Waals surface area (Å²) in [4.78, 5) is 28.9. The van der Waals surface area contributed by atoms with Gasteiger partial charge in [0, 0.05) is 19.6 Å². The monoisotopic (exact) mass is 336 g/mol. The van der Waals surface area contributed by atoms with E-state index < -0.39 is 5.41 Å². The first-order chi connectivity index (χ1) is 11.2. The molecule has 0 aromatic carbocycles. The molecule has 3 fully saturated rings. The minimum absolute atomic E-state index is 0.150. The van der Waals surface area contributed by atoms with E-state index in [0.717, 1.165) is 24.9 Å². The molecule has 0 N–H and O–H groups in total. The van der Waals surface area contributed by atoms with E-state index in [9.17, 15) is 9.59 Å². The number of nitrogens with zero attached hydrogens (tertiary/aromatic N) is 2. The fourth-order valence-corrected chi connectivity index (χ4v) is 4.77. The molecule has 2 saturated heterocycles. The predicted molar refractivity (Wildman–Crippen MR) is 92.4 cm³/mol. The van der Waals surface area contributed by atoms with Gasteiger partial charge in [0.15, 0.2) is 0 Å². The van der Waals surface area contributed by atoms with Crippen molar-refractivity contribution in [1.29, 1.82) is 0 Å². The van der Waals surface area contributed by atoms with E-state index in [1.165, 1.54) is 20.0 Å². The standard InChI is InChI=1S/C19H32N2O3/c1-18(2)13-20(8-5-14-11-15(14)18)12-16(22)21-9-6-19(3,7-10-21)17(23)24-4/h14-15H,5-13H2,1-4H3/t14-,15?/m0/s1. The SMILES string of the molecule is COC(=O)C1(C)CCN(C(=O)CN2CC[C@H]3CC3C(C)(C)C2)CC1. The number of likely N-dealkylation sites (tertiary alicyclic amines) is 2. The summed E-state index contributed by atoms with van der Waals surface area (Å²) in [7, 11) is 1.44. The Balaban J connectivity index is 1.52. The lowest BCUT2D eigenvalue weighted by Crippen LogP contribution is -2.49. The van der Waals surface area contributed by atoms with Crippen molar-refractivity contribution in [2.24, 2.45) is 22.7 Å². The van der Waals surface area contributed by atoms with Crippen LogP contribution in [0.25, 0.3) is 0 Å². The van der Waals surface area contributed by atoms with E-state index in [1.807, 2.05) is 11.8 Å². The highest BCUT2D eigenvalue weighted by Crippen LogP contribution is 2.54. The molecule has 24 heavy (non-hydrogen) atoms. The van der Waals surface area contributed by atoms with Crippen LogP contribution in [0.4, 0.5) is 0 Å². The third-order valence-electron chi connectivity index (χ3n) is 6.63. The molecule has 5 nitrogen and oxygen atoms in total. The van der Waals surface area contributed by atoms with E-state index in [1.54, 1.807) is 0 Å². The van der Waals surface area contributed by atoms with Gasteiger partial charge in [-0.1, -0.05) is 13.8 Å². The second-order valence-electron chi connectivity index (χ2n) is 9.02. The quantitative estimate of drug-likeness (QED) is 0.741. The van der Waals surface area contributed by atoms with Crippen molar-refractivity contribution in [3.63, 3.8) is 0 Å². The number of hydrogen-bond donors (Lipinski definition) is 0. The molecule has 0 bridgehead atoms. The van der Waals surface area contributed by atoms with Crippen LogP contribution < -0.4 is 0 Å². The minimum Gasteiger partial charge on any atom is -0.469 e. The zero-order chi connectivity index (χ0) is 17.5. The van der Waals surface area contributed by atoms with Gasteiger partial charge in [-0.25, -0.2) is 0 Å². The van der Waals surface area contributed by atoms with E-state index >= 15 is 0 Å². The van der Waals surface area contributed by atoms with Gasteiger partial charge in [-0.2, -0.15) is 0 Å². The number of carbonyl (C=O) groups excluding carboxylic acids is 2. The van der Waals surface area contributed by atoms with Gasteiger partial charge in [0.05, 0.1) is 19.1 Å². The van der Waals surface area contributed by atoms with Gasteiger partial charge in [0.1, 0.15) is 0 Å². The number of rotatable bonds is 3. The smallest absolute Gasteiger partial charge is 0.311 e. The minimum atomic E-state index is -0.433. The molecule has 136 valence electrons. The summed E-state index contributed by atoms with van der Waals surface area (Å²) < 4.78 is 4.91. The fourth-order valence-electron chi connectivity index (χ4n) is 4.77. The maximum absolute atomic E-state index is 12.7. The molecular formula is C19H32N2O3. The van der Waals surface area contributed by atoms with Crippen LogP contribution >= 0.6 is 0 Å². The van der Waals surface area contributed by atoms with Crippen molar-refractivity contribution in [2.75, 3.05) is 39.8 Å². The Kier molecular flexibility index (Phi) is 4.67. The molecular weight excluding hydrogens is 304 g/mol. The molecule has 1 aliphatic carbocycles. The topological polar surface area (TPSA) is 49.9 Å². The second kappa shape index (κ2) is 6.32. The molecule has 1 amide bonds. The van der Waals surface area contributed by atoms with Gasteiger partial charge in [-0.05, 0) is 56.4 Å². The van der Waals surface area contributed by atoms with Gasteiger partial charge >= 0.3 is 5.97 Å². The van der Waals surface area contributed by atoms with Gasteiger partial charge in [-0.3, -0.25) is 14.5 Å². The predicted octanol–water partition coefficient (Wildman–Crippen LogP) is 2.16. The summed E-state index contributed by atoms with van der Waals surface area (Å²) in [6, 6.07) is 0. The third kappa shape index (κ3) is 3.46. The fraction of sp³-hybridized carbons (Fsp3) is 0.895. The Morgan fingerprint density at radius 1 is 1.12 bits per heavy atom. The van der Waals surface area contributed by atoms with Crippen molar-refractivity contribution < 1.29 is 14.3 Å². The van der Waals surface area contributed by atoms with E-state index in [0.29, 0.717) is 37.9 Å². The van der Waals surface area contributed by atoms with Crippen LogP contribution in [0, 0.1) is 22.7 Å². The highest BCUT2D eigenvalue weighted by atomic mass is 16.5. The first-order valence-electron chi connectivity index (χ1n) is 9.34. The number of methoxy groups -OCH3 is 1. The average molecular weight is 336 g/mol. The highest BCUT2D eigenvalue weighted by molar-refractivity contribution is 5.80. The van der Waals surface area contributed by atoms with Gasteiger partial charge in [0.25, 0.3) is 0 Å². The van der Waals surface area contributed by atoms with Crippen molar-refractivity contribution in [3.05, 3.63) is 0 Å². The summed E-state index contributed by atoms with van der Waals surface area (Å²) in [6.07, 6.45) is 4.01. The first-order valence-corrected chi connectivity index (χ1v) is 9.34. The maximum atomic E-state index is 12.7. The molecule has 1 saturated carbocycles. The van der Waals surface area contributed by atoms with Crippen LogP contribution in [-0.4, -0.2) is 61.5 Å². The third-order valence-corrected chi connectivity index (χ3v) is 6.63. The van der Waals surface area contributed by atoms with E-state index in [4.69, 9.17) is 4.74 Å². The number of carbonyl (C=O) groups is 2. The Hall–Kier alpha value is -1.10. The Bertz CT molecular complexity index is 509. The summed E-state index contributed by atoms with van der Waals surface area (Å²) in [5.41, 5.74) is -0.107. The number of amides is 1. The molecule has 2 heterocycles. The summed E-state index contributed by atoms with van der Waals surface area (Å²) >= 11 is 0. The van der Waals surface area contributed by atoms with Crippen molar-refractivity contribution in [1.82, 2.24) is 9.80 Å². The number of hydrogen-bond acceptors (Lipinski definition) is 4. The first kappa shape index (κ1) is 17.7. The molecule has 0 radical (unpaired) electrons. The zero-order valence-electron chi connectivity index (χ0n) is 15.6. The summed E-state index contributed by atoms with van der Waals surface area (Å²) in [5.74, 6) is 1.81. The number of esters is 1. The molecule has 3 aliphatic rings. The molecule has 0 spiro atoms. The molecule has 0 aromatic rings. The van der Waals surface area contributed by atoms with Crippen LogP contribution in [0.1, 0.15) is 46.5 Å². The van der Waals surface area contributed by atoms with Crippen LogP contribution in [0.15, 0.2) is 0 Å².